The van der Waals surface area contributed by atoms with Gasteiger partial charge in [-0.05, 0) is 71.8 Å². The molecule has 0 amide bonds. The largest absolute Gasteiger partial charge is 0.456 e. The maximum absolute atomic E-state index is 9.85. The number of benzene rings is 7. The van der Waals surface area contributed by atoms with Crippen molar-refractivity contribution >= 4 is 43.7 Å². The van der Waals surface area contributed by atoms with E-state index in [-0.39, 0.29) is 0 Å². The first kappa shape index (κ1) is 30.9. The summed E-state index contributed by atoms with van der Waals surface area (Å²) in [5.74, 6) is 1.61. The van der Waals surface area contributed by atoms with E-state index in [2.05, 4.69) is 47.0 Å². The Morgan fingerprint density at radius 3 is 1.65 bits per heavy atom. The molecule has 0 aliphatic carbocycles. The van der Waals surface area contributed by atoms with Gasteiger partial charge < -0.3 is 8.98 Å². The molecule has 3 heterocycles. The highest BCUT2D eigenvalue weighted by Crippen LogP contribution is 2.41. The monoisotopic (exact) mass is 690 g/mol. The van der Waals surface area contributed by atoms with E-state index >= 15 is 0 Å². The van der Waals surface area contributed by atoms with Crippen LogP contribution in [0.15, 0.2) is 162 Å². The van der Waals surface area contributed by atoms with Crippen molar-refractivity contribution in [2.45, 2.75) is 0 Å². The van der Waals surface area contributed by atoms with E-state index < -0.39 is 0 Å². The van der Waals surface area contributed by atoms with Crippen LogP contribution in [-0.4, -0.2) is 19.5 Å². The van der Waals surface area contributed by atoms with E-state index in [1.54, 1.807) is 0 Å². The van der Waals surface area contributed by atoms with Crippen LogP contribution < -0.4 is 0 Å². The van der Waals surface area contributed by atoms with E-state index in [0.29, 0.717) is 28.6 Å². The molecule has 7 nitrogen and oxygen atoms in total. The average Bonchev–Trinajstić information content (AvgIpc) is 3.79. The quantitative estimate of drug-likeness (QED) is 0.178. The number of nitrogens with zero attached hydrogens (tertiary/aromatic N) is 6. The molecule has 7 aromatic carbocycles. The number of furan rings is 1. The van der Waals surface area contributed by atoms with Crippen molar-refractivity contribution in [3.63, 3.8) is 0 Å². The lowest BCUT2D eigenvalue weighted by Crippen LogP contribution is -2.04. The summed E-state index contributed by atoms with van der Waals surface area (Å²) in [6.45, 7) is 0. The smallest absolute Gasteiger partial charge is 0.166 e. The van der Waals surface area contributed by atoms with Gasteiger partial charge in [0, 0.05) is 38.2 Å². The minimum Gasteiger partial charge on any atom is -0.456 e. The summed E-state index contributed by atoms with van der Waals surface area (Å²) in [5.41, 5.74) is 9.82. The van der Waals surface area contributed by atoms with Crippen LogP contribution in [0, 0.1) is 22.7 Å². The maximum atomic E-state index is 9.85. The fraction of sp³-hybridized carbons (Fsp3) is 0. The van der Waals surface area contributed by atoms with Gasteiger partial charge in [-0.25, -0.2) is 15.0 Å². The third-order valence-electron chi connectivity index (χ3n) is 9.91. The fourth-order valence-electron chi connectivity index (χ4n) is 7.44. The van der Waals surface area contributed by atoms with Gasteiger partial charge >= 0.3 is 0 Å². The summed E-state index contributed by atoms with van der Waals surface area (Å²) in [6, 6.07) is 56.4. The van der Waals surface area contributed by atoms with Crippen molar-refractivity contribution < 1.29 is 4.42 Å². The first-order valence-electron chi connectivity index (χ1n) is 17.5. The van der Waals surface area contributed by atoms with Crippen molar-refractivity contribution in [3.8, 4) is 63.1 Å². The highest BCUT2D eigenvalue weighted by molar-refractivity contribution is 6.13. The van der Waals surface area contributed by atoms with Crippen molar-refractivity contribution in [1.29, 1.82) is 10.5 Å². The second-order valence-corrected chi connectivity index (χ2v) is 13.1. The van der Waals surface area contributed by atoms with Gasteiger partial charge in [0.25, 0.3) is 0 Å². The minimum absolute atomic E-state index is 0.501. The van der Waals surface area contributed by atoms with E-state index in [9.17, 15) is 10.5 Å². The highest BCUT2D eigenvalue weighted by Gasteiger charge is 2.22. The molecule has 0 unspecified atom stereocenters. The molecule has 0 N–H and O–H groups in total. The van der Waals surface area contributed by atoms with Crippen LogP contribution in [0.4, 0.5) is 0 Å². The Morgan fingerprint density at radius 1 is 0.444 bits per heavy atom. The normalized spacial score (nSPS) is 11.3. The van der Waals surface area contributed by atoms with E-state index in [1.807, 2.05) is 127 Å². The van der Waals surface area contributed by atoms with E-state index in [0.717, 1.165) is 77.2 Å². The van der Waals surface area contributed by atoms with Crippen LogP contribution in [0.5, 0.6) is 0 Å². The first-order chi connectivity index (χ1) is 26.7. The van der Waals surface area contributed by atoms with Gasteiger partial charge in [0.2, 0.25) is 0 Å². The molecule has 0 radical (unpaired) electrons. The number of hydrogen-bond donors (Lipinski definition) is 0. The van der Waals surface area contributed by atoms with Crippen LogP contribution in [0.25, 0.3) is 94.7 Å². The molecule has 0 saturated carbocycles. The van der Waals surface area contributed by atoms with Crippen LogP contribution >= 0.6 is 0 Å². The van der Waals surface area contributed by atoms with Crippen LogP contribution in [-0.2, 0) is 0 Å². The lowest BCUT2D eigenvalue weighted by Gasteiger charge is -2.16. The van der Waals surface area contributed by atoms with Gasteiger partial charge in [0.05, 0.1) is 40.0 Å². The molecule has 7 heteroatoms. The van der Waals surface area contributed by atoms with Crippen LogP contribution in [0.2, 0.25) is 0 Å². The second-order valence-electron chi connectivity index (χ2n) is 13.1. The lowest BCUT2D eigenvalue weighted by atomic mass is 9.96. The van der Waals surface area contributed by atoms with Crippen LogP contribution in [0.1, 0.15) is 11.1 Å². The van der Waals surface area contributed by atoms with E-state index in [1.165, 1.54) is 0 Å². The molecule has 0 spiro atoms. The molecule has 10 aromatic rings. The van der Waals surface area contributed by atoms with Gasteiger partial charge in [-0.15, -0.1) is 0 Å². The van der Waals surface area contributed by atoms with E-state index in [4.69, 9.17) is 19.4 Å². The molecule has 0 saturated heterocycles. The standard InChI is InChI=1S/C47H26N6O/c48-27-29-18-21-39-36(24-29)37-25-30(28-49)19-22-40(37)53(39)41-23-20-33(34-15-9-17-43-44(34)35-14-7-8-16-42(35)54-43)26-38(41)47-51-45(31-10-3-1-4-11-31)50-46(52-47)32-12-5-2-6-13-32/h1-26H. The Kier molecular flexibility index (Phi) is 7.11. The molecule has 0 fully saturated rings. The maximum Gasteiger partial charge on any atom is 0.166 e. The summed E-state index contributed by atoms with van der Waals surface area (Å²) in [7, 11) is 0. The summed E-state index contributed by atoms with van der Waals surface area (Å²) < 4.78 is 8.47. The number of nitriles is 2. The predicted molar refractivity (Wildman–Crippen MR) is 213 cm³/mol. The third kappa shape index (κ3) is 5.00. The summed E-state index contributed by atoms with van der Waals surface area (Å²) in [5, 5.41) is 23.5. The molecule has 0 aliphatic heterocycles. The third-order valence-corrected chi connectivity index (χ3v) is 9.91. The van der Waals surface area contributed by atoms with Crippen molar-refractivity contribution in [3.05, 3.63) is 169 Å². The lowest BCUT2D eigenvalue weighted by molar-refractivity contribution is 0.669. The zero-order valence-electron chi connectivity index (χ0n) is 28.6. The molecule has 0 aliphatic rings. The number of fused-ring (bicyclic) bond motifs is 6. The van der Waals surface area contributed by atoms with Crippen molar-refractivity contribution in [2.24, 2.45) is 0 Å². The predicted octanol–water partition coefficient (Wildman–Crippen LogP) is 11.3. The Hall–Kier alpha value is -7.87. The van der Waals surface area contributed by atoms with Gasteiger partial charge in [0.1, 0.15) is 11.2 Å². The topological polar surface area (TPSA) is 104 Å². The zero-order chi connectivity index (χ0) is 36.2. The average molecular weight is 691 g/mol. The fourth-order valence-corrected chi connectivity index (χ4v) is 7.44. The van der Waals surface area contributed by atoms with Gasteiger partial charge in [-0.2, -0.15) is 10.5 Å². The number of para-hydroxylation sites is 1. The van der Waals surface area contributed by atoms with Crippen molar-refractivity contribution in [1.82, 2.24) is 19.5 Å². The first-order valence-corrected chi connectivity index (χ1v) is 17.5. The molecule has 54 heavy (non-hydrogen) atoms. The second kappa shape index (κ2) is 12.4. The Bertz CT molecular complexity index is 3060. The Morgan fingerprint density at radius 2 is 1.02 bits per heavy atom. The highest BCUT2D eigenvalue weighted by atomic mass is 16.3. The SMILES string of the molecule is N#Cc1ccc2c(c1)c1cc(C#N)ccc1n2-c1ccc(-c2cccc3oc4ccccc4c23)cc1-c1nc(-c2ccccc2)nc(-c2ccccc2)n1. The summed E-state index contributed by atoms with van der Waals surface area (Å²) in [4.78, 5) is 15.3. The molecule has 10 rings (SSSR count). The Labute approximate surface area is 309 Å². The van der Waals surface area contributed by atoms with Gasteiger partial charge in [-0.1, -0.05) is 97.1 Å². The Balaban J connectivity index is 1.31. The number of aromatic nitrogens is 4. The zero-order valence-corrected chi connectivity index (χ0v) is 28.6. The summed E-state index contributed by atoms with van der Waals surface area (Å²) >= 11 is 0. The number of hydrogen-bond acceptors (Lipinski definition) is 6. The molecule has 0 bridgehead atoms. The molecular formula is C47H26N6O. The molecular weight excluding hydrogens is 665 g/mol. The molecule has 0 atom stereocenters. The summed E-state index contributed by atoms with van der Waals surface area (Å²) in [6.07, 6.45) is 0. The molecule has 250 valence electrons. The van der Waals surface area contributed by atoms with Gasteiger partial charge in [0.15, 0.2) is 17.5 Å². The van der Waals surface area contributed by atoms with Crippen molar-refractivity contribution in [2.75, 3.05) is 0 Å². The number of rotatable bonds is 5. The minimum atomic E-state index is 0.501. The molecule has 3 aromatic heterocycles. The van der Waals surface area contributed by atoms with Gasteiger partial charge in [-0.3, -0.25) is 0 Å². The van der Waals surface area contributed by atoms with Crippen LogP contribution in [0.3, 0.4) is 0 Å².